The maximum absolute atomic E-state index is 12.3. The van der Waals surface area contributed by atoms with Crippen LogP contribution in [0.25, 0.3) is 0 Å². The topological polar surface area (TPSA) is 68.8 Å². The first-order valence-corrected chi connectivity index (χ1v) is 9.69. The highest BCUT2D eigenvalue weighted by Crippen LogP contribution is 2.29. The largest absolute Gasteiger partial charge is 0.495 e. The van der Waals surface area contributed by atoms with Gasteiger partial charge in [0.25, 0.3) is 5.91 Å². The Kier molecular flexibility index (Phi) is 7.40. The Hall–Kier alpha value is -3.38. The van der Waals surface area contributed by atoms with Crippen molar-refractivity contribution in [2.24, 2.45) is 0 Å². The van der Waals surface area contributed by atoms with E-state index in [4.69, 9.17) is 25.8 Å². The molecule has 156 valence electrons. The fourth-order valence-electron chi connectivity index (χ4n) is 2.82. The maximum Gasteiger partial charge on any atom is 0.262 e. The van der Waals surface area contributed by atoms with E-state index in [9.17, 15) is 4.79 Å². The van der Waals surface area contributed by atoms with Crippen molar-refractivity contribution in [3.8, 4) is 17.2 Å². The number of anilines is 2. The summed E-state index contributed by atoms with van der Waals surface area (Å²) in [6.07, 6.45) is 0. The average molecular weight is 427 g/mol. The summed E-state index contributed by atoms with van der Waals surface area (Å²) < 4.78 is 16.3. The van der Waals surface area contributed by atoms with Crippen LogP contribution in [-0.4, -0.2) is 26.7 Å². The van der Waals surface area contributed by atoms with Gasteiger partial charge in [-0.3, -0.25) is 4.79 Å². The van der Waals surface area contributed by atoms with E-state index in [1.54, 1.807) is 32.4 Å². The van der Waals surface area contributed by atoms with Crippen LogP contribution in [0.3, 0.4) is 0 Å². The number of carbonyl (C=O) groups excluding carboxylic acids is 1. The predicted molar refractivity (Wildman–Crippen MR) is 119 cm³/mol. The Morgan fingerprint density at radius 3 is 2.30 bits per heavy atom. The smallest absolute Gasteiger partial charge is 0.262 e. The standard InChI is InChI=1S/C23H23ClN2O4/c1-28-20-10-6-5-9-19(20)26-23(27)15-30-21-12-11-16(13-22(21)29-2)14-25-18-8-4-3-7-17(18)24/h3-13,25H,14-15H2,1-2H3,(H,26,27). The molecule has 30 heavy (non-hydrogen) atoms. The summed E-state index contributed by atoms with van der Waals surface area (Å²) in [6.45, 7) is 0.403. The molecule has 0 aromatic heterocycles. The number of nitrogens with one attached hydrogen (secondary N) is 2. The van der Waals surface area contributed by atoms with Gasteiger partial charge in [-0.15, -0.1) is 0 Å². The fourth-order valence-corrected chi connectivity index (χ4v) is 3.02. The Bertz CT molecular complexity index is 1010. The zero-order valence-electron chi connectivity index (χ0n) is 16.8. The van der Waals surface area contributed by atoms with Crippen LogP contribution in [0.5, 0.6) is 17.2 Å². The van der Waals surface area contributed by atoms with E-state index < -0.39 is 0 Å². The molecule has 3 aromatic carbocycles. The normalized spacial score (nSPS) is 10.2. The van der Waals surface area contributed by atoms with Gasteiger partial charge in [-0.25, -0.2) is 0 Å². The van der Waals surface area contributed by atoms with Gasteiger partial charge >= 0.3 is 0 Å². The van der Waals surface area contributed by atoms with Gasteiger partial charge in [0.05, 0.1) is 30.6 Å². The molecule has 7 heteroatoms. The van der Waals surface area contributed by atoms with E-state index in [1.807, 2.05) is 48.5 Å². The molecule has 0 heterocycles. The average Bonchev–Trinajstić information content (AvgIpc) is 2.77. The van der Waals surface area contributed by atoms with E-state index in [-0.39, 0.29) is 12.5 Å². The van der Waals surface area contributed by atoms with Crippen LogP contribution in [0.15, 0.2) is 66.7 Å². The van der Waals surface area contributed by atoms with Crippen LogP contribution in [0, 0.1) is 0 Å². The third kappa shape index (κ3) is 5.58. The van der Waals surface area contributed by atoms with E-state index in [0.717, 1.165) is 11.3 Å². The second kappa shape index (κ2) is 10.4. The monoisotopic (exact) mass is 426 g/mol. The number of benzene rings is 3. The summed E-state index contributed by atoms with van der Waals surface area (Å²) in [5.74, 6) is 1.30. The molecule has 3 rings (SSSR count). The van der Waals surface area contributed by atoms with Crippen LogP contribution < -0.4 is 24.8 Å². The quantitative estimate of drug-likeness (QED) is 0.504. The molecule has 3 aromatic rings. The predicted octanol–water partition coefficient (Wildman–Crippen LogP) is 4.99. The van der Waals surface area contributed by atoms with E-state index in [1.165, 1.54) is 0 Å². The lowest BCUT2D eigenvalue weighted by Gasteiger charge is -2.14. The molecule has 0 fully saturated rings. The molecule has 0 saturated heterocycles. The fraction of sp³-hybridized carbons (Fsp3) is 0.174. The lowest BCUT2D eigenvalue weighted by Crippen LogP contribution is -2.20. The third-order valence-electron chi connectivity index (χ3n) is 4.32. The summed E-state index contributed by atoms with van der Waals surface area (Å²) in [5, 5.41) is 6.71. The highest BCUT2D eigenvalue weighted by molar-refractivity contribution is 6.33. The number of ether oxygens (including phenoxy) is 3. The second-order valence-corrected chi connectivity index (χ2v) is 6.76. The van der Waals surface area contributed by atoms with E-state index in [2.05, 4.69) is 10.6 Å². The van der Waals surface area contributed by atoms with Gasteiger partial charge < -0.3 is 24.8 Å². The van der Waals surface area contributed by atoms with Gasteiger partial charge in [-0.2, -0.15) is 0 Å². The number of methoxy groups -OCH3 is 2. The van der Waals surface area contributed by atoms with Crippen LogP contribution >= 0.6 is 11.6 Å². The van der Waals surface area contributed by atoms with Gasteiger partial charge in [0.15, 0.2) is 18.1 Å². The minimum absolute atomic E-state index is 0.161. The highest BCUT2D eigenvalue weighted by atomic mass is 35.5. The molecule has 6 nitrogen and oxygen atoms in total. The van der Waals surface area contributed by atoms with Gasteiger partial charge in [0, 0.05) is 6.54 Å². The number of rotatable bonds is 9. The Labute approximate surface area is 180 Å². The number of hydrogen-bond acceptors (Lipinski definition) is 5. The van der Waals surface area contributed by atoms with Crippen molar-refractivity contribution in [3.05, 3.63) is 77.3 Å². The Morgan fingerprint density at radius 2 is 1.57 bits per heavy atom. The molecular formula is C23H23ClN2O4. The highest BCUT2D eigenvalue weighted by Gasteiger charge is 2.11. The first-order valence-electron chi connectivity index (χ1n) is 9.31. The molecular weight excluding hydrogens is 404 g/mol. The van der Waals surface area contributed by atoms with E-state index >= 15 is 0 Å². The van der Waals surface area contributed by atoms with Crippen molar-refractivity contribution in [3.63, 3.8) is 0 Å². The first-order chi connectivity index (χ1) is 14.6. The van der Waals surface area contributed by atoms with Crippen LogP contribution in [-0.2, 0) is 11.3 Å². The SMILES string of the molecule is COc1ccccc1NC(=O)COc1ccc(CNc2ccccc2Cl)cc1OC. The zero-order valence-corrected chi connectivity index (χ0v) is 17.5. The Balaban J connectivity index is 1.59. The summed E-state index contributed by atoms with van der Waals surface area (Å²) >= 11 is 6.17. The van der Waals surface area contributed by atoms with Crippen molar-refractivity contribution in [1.29, 1.82) is 0 Å². The number of carbonyl (C=O) groups is 1. The third-order valence-corrected chi connectivity index (χ3v) is 4.65. The lowest BCUT2D eigenvalue weighted by molar-refractivity contribution is -0.118. The van der Waals surface area contributed by atoms with Gasteiger partial charge in [-0.05, 0) is 42.0 Å². The molecule has 0 aliphatic carbocycles. The van der Waals surface area contributed by atoms with Crippen molar-refractivity contribution >= 4 is 28.9 Å². The minimum Gasteiger partial charge on any atom is -0.495 e. The zero-order chi connectivity index (χ0) is 21.3. The van der Waals surface area contributed by atoms with Gasteiger partial charge in [0.2, 0.25) is 0 Å². The van der Waals surface area contributed by atoms with Gasteiger partial charge in [-0.1, -0.05) is 41.9 Å². The van der Waals surface area contributed by atoms with Crippen molar-refractivity contribution < 1.29 is 19.0 Å². The maximum atomic E-state index is 12.3. The van der Waals surface area contributed by atoms with Crippen molar-refractivity contribution in [1.82, 2.24) is 0 Å². The molecule has 0 radical (unpaired) electrons. The summed E-state index contributed by atoms with van der Waals surface area (Å²) in [5.41, 5.74) is 2.42. The summed E-state index contributed by atoms with van der Waals surface area (Å²) in [4.78, 5) is 12.3. The van der Waals surface area contributed by atoms with Crippen LogP contribution in [0.1, 0.15) is 5.56 Å². The first kappa shape index (κ1) is 21.3. The number of halogens is 1. The van der Waals surface area contributed by atoms with E-state index in [0.29, 0.717) is 34.5 Å². The Morgan fingerprint density at radius 1 is 0.867 bits per heavy atom. The molecule has 0 aliphatic rings. The second-order valence-electron chi connectivity index (χ2n) is 6.36. The number of hydrogen-bond donors (Lipinski definition) is 2. The van der Waals surface area contributed by atoms with Crippen LogP contribution in [0.2, 0.25) is 5.02 Å². The molecule has 0 bridgehead atoms. The van der Waals surface area contributed by atoms with Crippen molar-refractivity contribution in [2.75, 3.05) is 31.5 Å². The number of para-hydroxylation sites is 3. The molecule has 2 N–H and O–H groups in total. The summed E-state index contributed by atoms with van der Waals surface area (Å²) in [7, 11) is 3.11. The molecule has 0 aliphatic heterocycles. The lowest BCUT2D eigenvalue weighted by atomic mass is 10.2. The molecule has 1 amide bonds. The molecule has 0 unspecified atom stereocenters. The molecule has 0 spiro atoms. The van der Waals surface area contributed by atoms with Crippen LogP contribution in [0.4, 0.5) is 11.4 Å². The number of amides is 1. The van der Waals surface area contributed by atoms with Crippen molar-refractivity contribution in [2.45, 2.75) is 6.54 Å². The minimum atomic E-state index is -0.300. The molecule has 0 saturated carbocycles. The van der Waals surface area contributed by atoms with Gasteiger partial charge in [0.1, 0.15) is 5.75 Å². The summed E-state index contributed by atoms with van der Waals surface area (Å²) in [6, 6.07) is 20.3. The molecule has 0 atom stereocenters.